The molecule has 1 heterocycles. The van der Waals surface area contributed by atoms with Crippen LogP contribution in [0.1, 0.15) is 12.0 Å². The van der Waals surface area contributed by atoms with Crippen molar-refractivity contribution in [1.29, 1.82) is 5.26 Å². The summed E-state index contributed by atoms with van der Waals surface area (Å²) >= 11 is 5.87. The Morgan fingerprint density at radius 3 is 2.75 bits per heavy atom. The molecule has 1 aromatic carbocycles. The van der Waals surface area contributed by atoms with E-state index in [-0.39, 0.29) is 33.8 Å². The summed E-state index contributed by atoms with van der Waals surface area (Å²) in [6.07, 6.45) is 0.748. The average molecular weight is 336 g/mol. The zero-order chi connectivity index (χ0) is 14.0. The van der Waals surface area contributed by atoms with Gasteiger partial charge in [0.05, 0.1) is 10.6 Å². The number of nitriles is 1. The van der Waals surface area contributed by atoms with Crippen LogP contribution in [-0.4, -0.2) is 32.4 Å². The molecular weight excluding hydrogens is 321 g/mol. The molecule has 0 aliphatic carbocycles. The van der Waals surface area contributed by atoms with E-state index in [1.807, 2.05) is 6.07 Å². The normalized spacial score (nSPS) is 19.4. The molecule has 0 bridgehead atoms. The second-order valence-electron chi connectivity index (χ2n) is 4.48. The molecule has 1 aliphatic heterocycles. The Kier molecular flexibility index (Phi) is 5.80. The van der Waals surface area contributed by atoms with Gasteiger partial charge in [-0.3, -0.25) is 0 Å². The molecule has 20 heavy (non-hydrogen) atoms. The molecule has 1 aliphatic rings. The topological polar surface area (TPSA) is 87.2 Å². The summed E-state index contributed by atoms with van der Waals surface area (Å²) in [6, 6.07) is 6.31. The van der Waals surface area contributed by atoms with Crippen molar-refractivity contribution in [2.24, 2.45) is 11.7 Å². The van der Waals surface area contributed by atoms with Gasteiger partial charge in [0, 0.05) is 13.1 Å². The summed E-state index contributed by atoms with van der Waals surface area (Å²) in [5, 5.41) is 9.22. The lowest BCUT2D eigenvalue weighted by Crippen LogP contribution is -2.30. The highest BCUT2D eigenvalue weighted by Crippen LogP contribution is 2.28. The lowest BCUT2D eigenvalue weighted by atomic mass is 10.1. The molecular formula is C12H15Cl2N3O2S. The van der Waals surface area contributed by atoms with Crippen molar-refractivity contribution in [3.63, 3.8) is 0 Å². The highest BCUT2D eigenvalue weighted by atomic mass is 35.5. The van der Waals surface area contributed by atoms with Crippen LogP contribution in [0.5, 0.6) is 0 Å². The summed E-state index contributed by atoms with van der Waals surface area (Å²) in [7, 11) is -3.68. The number of rotatable bonds is 3. The molecule has 1 saturated heterocycles. The Labute approximate surface area is 129 Å². The predicted octanol–water partition coefficient (Wildman–Crippen LogP) is 1.60. The van der Waals surface area contributed by atoms with Gasteiger partial charge in [-0.1, -0.05) is 17.7 Å². The number of halogens is 2. The Bertz CT molecular complexity index is 628. The molecule has 110 valence electrons. The minimum atomic E-state index is -3.68. The third-order valence-electron chi connectivity index (χ3n) is 3.29. The molecule has 1 aromatic rings. The zero-order valence-electron chi connectivity index (χ0n) is 10.6. The van der Waals surface area contributed by atoms with Gasteiger partial charge < -0.3 is 5.73 Å². The molecule has 5 nitrogen and oxygen atoms in total. The van der Waals surface area contributed by atoms with Crippen LogP contribution in [0.4, 0.5) is 0 Å². The van der Waals surface area contributed by atoms with Crippen molar-refractivity contribution >= 4 is 34.0 Å². The molecule has 1 fully saturated rings. The van der Waals surface area contributed by atoms with Gasteiger partial charge >= 0.3 is 0 Å². The van der Waals surface area contributed by atoms with E-state index in [0.29, 0.717) is 19.6 Å². The number of benzene rings is 1. The first-order chi connectivity index (χ1) is 9.00. The van der Waals surface area contributed by atoms with Crippen molar-refractivity contribution in [3.8, 4) is 6.07 Å². The van der Waals surface area contributed by atoms with Crippen molar-refractivity contribution in [2.45, 2.75) is 11.3 Å². The minimum Gasteiger partial charge on any atom is -0.330 e. The molecule has 0 amide bonds. The molecule has 1 atom stereocenters. The van der Waals surface area contributed by atoms with Crippen LogP contribution in [0.3, 0.4) is 0 Å². The third-order valence-corrected chi connectivity index (χ3v) is 5.51. The highest BCUT2D eigenvalue weighted by molar-refractivity contribution is 7.89. The summed E-state index contributed by atoms with van der Waals surface area (Å²) in [5.41, 5.74) is 5.56. The van der Waals surface area contributed by atoms with E-state index in [2.05, 4.69) is 0 Å². The maximum absolute atomic E-state index is 12.5. The van der Waals surface area contributed by atoms with Crippen LogP contribution in [0.2, 0.25) is 5.02 Å². The Morgan fingerprint density at radius 1 is 1.50 bits per heavy atom. The number of hydrogen-bond donors (Lipinski definition) is 1. The van der Waals surface area contributed by atoms with Gasteiger partial charge in [-0.25, -0.2) is 8.42 Å². The van der Waals surface area contributed by atoms with E-state index < -0.39 is 10.0 Å². The van der Waals surface area contributed by atoms with Crippen LogP contribution < -0.4 is 5.73 Å². The average Bonchev–Trinajstić information content (AvgIpc) is 2.87. The number of nitrogens with two attached hydrogens (primary N) is 1. The lowest BCUT2D eigenvalue weighted by molar-refractivity contribution is 0.459. The van der Waals surface area contributed by atoms with Gasteiger partial charge in [-0.05, 0) is 31.0 Å². The SMILES string of the molecule is Cl.N#Cc1c(Cl)cccc1S(=O)(=O)N1CCC(CN)C1. The number of nitrogens with zero attached hydrogens (tertiary/aromatic N) is 2. The largest absolute Gasteiger partial charge is 0.330 e. The molecule has 0 saturated carbocycles. The first-order valence-corrected chi connectivity index (χ1v) is 7.71. The molecule has 2 N–H and O–H groups in total. The van der Waals surface area contributed by atoms with Crippen molar-refractivity contribution in [1.82, 2.24) is 4.31 Å². The maximum Gasteiger partial charge on any atom is 0.244 e. The smallest absolute Gasteiger partial charge is 0.244 e. The molecule has 0 radical (unpaired) electrons. The fourth-order valence-electron chi connectivity index (χ4n) is 2.17. The molecule has 0 spiro atoms. The fraction of sp³-hybridized carbons (Fsp3) is 0.417. The summed E-state index contributed by atoms with van der Waals surface area (Å²) in [6.45, 7) is 1.30. The summed E-state index contributed by atoms with van der Waals surface area (Å²) < 4.78 is 26.4. The van der Waals surface area contributed by atoms with E-state index in [1.54, 1.807) is 0 Å². The second-order valence-corrected chi connectivity index (χ2v) is 6.79. The monoisotopic (exact) mass is 335 g/mol. The van der Waals surface area contributed by atoms with Crippen LogP contribution in [0.25, 0.3) is 0 Å². The summed E-state index contributed by atoms with van der Waals surface area (Å²) in [4.78, 5) is -0.0276. The minimum absolute atomic E-state index is 0. The molecule has 1 unspecified atom stereocenters. The molecule has 2 rings (SSSR count). The van der Waals surface area contributed by atoms with Crippen molar-refractivity contribution in [2.75, 3.05) is 19.6 Å². The zero-order valence-corrected chi connectivity index (χ0v) is 13.0. The van der Waals surface area contributed by atoms with E-state index in [4.69, 9.17) is 22.6 Å². The van der Waals surface area contributed by atoms with E-state index in [9.17, 15) is 8.42 Å². The number of hydrogen-bond acceptors (Lipinski definition) is 4. The quantitative estimate of drug-likeness (QED) is 0.908. The third kappa shape index (κ3) is 3.08. The Morgan fingerprint density at radius 2 is 2.20 bits per heavy atom. The van der Waals surface area contributed by atoms with Crippen LogP contribution in [-0.2, 0) is 10.0 Å². The maximum atomic E-state index is 12.5. The van der Waals surface area contributed by atoms with E-state index >= 15 is 0 Å². The Hall–Kier alpha value is -0.840. The van der Waals surface area contributed by atoms with Crippen molar-refractivity contribution < 1.29 is 8.42 Å². The van der Waals surface area contributed by atoms with Gasteiger partial charge in [-0.15, -0.1) is 12.4 Å². The van der Waals surface area contributed by atoms with Gasteiger partial charge in [-0.2, -0.15) is 9.57 Å². The van der Waals surface area contributed by atoms with Crippen LogP contribution in [0.15, 0.2) is 23.1 Å². The highest BCUT2D eigenvalue weighted by Gasteiger charge is 2.33. The van der Waals surface area contributed by atoms with Gasteiger partial charge in [0.25, 0.3) is 0 Å². The number of sulfonamides is 1. The van der Waals surface area contributed by atoms with Crippen molar-refractivity contribution in [3.05, 3.63) is 28.8 Å². The van der Waals surface area contributed by atoms with E-state index in [1.165, 1.54) is 22.5 Å². The van der Waals surface area contributed by atoms with E-state index in [0.717, 1.165) is 6.42 Å². The predicted molar refractivity (Wildman–Crippen MR) is 79.3 cm³/mol. The Balaban J connectivity index is 0.00000200. The second kappa shape index (κ2) is 6.74. The van der Waals surface area contributed by atoms with Gasteiger partial charge in [0.1, 0.15) is 11.0 Å². The molecule has 0 aromatic heterocycles. The van der Waals surface area contributed by atoms with Gasteiger partial charge in [0.15, 0.2) is 0 Å². The first-order valence-electron chi connectivity index (χ1n) is 5.89. The van der Waals surface area contributed by atoms with Gasteiger partial charge in [0.2, 0.25) is 10.0 Å². The van der Waals surface area contributed by atoms with Crippen LogP contribution in [0, 0.1) is 17.2 Å². The standard InChI is InChI=1S/C12H14ClN3O2S.ClH/c13-11-2-1-3-12(10(11)7-15)19(17,18)16-5-4-9(6-14)8-16;/h1-3,9H,4-6,8,14H2;1H. The van der Waals surface area contributed by atoms with Crippen LogP contribution >= 0.6 is 24.0 Å². The lowest BCUT2D eigenvalue weighted by Gasteiger charge is -2.17. The summed E-state index contributed by atoms with van der Waals surface area (Å²) in [5.74, 6) is 0.180. The first kappa shape index (κ1) is 17.2. The molecule has 8 heteroatoms. The fourth-order valence-corrected chi connectivity index (χ4v) is 4.14.